The number of hydrogen-bond acceptors (Lipinski definition) is 8. The van der Waals surface area contributed by atoms with E-state index in [0.29, 0.717) is 55.9 Å². The molecule has 3 aromatic heterocycles. The average Bonchev–Trinajstić information content (AvgIpc) is 3.39. The lowest BCUT2D eigenvalue weighted by Crippen LogP contribution is -2.22. The van der Waals surface area contributed by atoms with Crippen molar-refractivity contribution in [3.63, 3.8) is 0 Å². The largest absolute Gasteiger partial charge is 0.491 e. The molecule has 0 atom stereocenters. The maximum Gasteiger partial charge on any atom is 0.260 e. The third-order valence-corrected chi connectivity index (χ3v) is 5.29. The van der Waals surface area contributed by atoms with Crippen molar-refractivity contribution in [3.05, 3.63) is 47.5 Å². The molecule has 0 saturated heterocycles. The number of pyridine rings is 2. The summed E-state index contributed by atoms with van der Waals surface area (Å²) in [7, 11) is 5.01. The van der Waals surface area contributed by atoms with Crippen molar-refractivity contribution < 1.29 is 23.7 Å². The number of ether oxygens (including phenoxy) is 4. The molecule has 0 N–H and O–H groups in total. The van der Waals surface area contributed by atoms with Gasteiger partial charge in [0, 0.05) is 32.1 Å². The van der Waals surface area contributed by atoms with Crippen LogP contribution in [0.2, 0.25) is 0 Å². The first-order valence-electron chi connectivity index (χ1n) is 10.6. The molecular formula is C23H27N5O5. The Morgan fingerprint density at radius 1 is 1.09 bits per heavy atom. The van der Waals surface area contributed by atoms with Crippen molar-refractivity contribution in [2.24, 2.45) is 7.05 Å². The van der Waals surface area contributed by atoms with E-state index in [1.165, 1.54) is 0 Å². The monoisotopic (exact) mass is 453 g/mol. The van der Waals surface area contributed by atoms with Crippen molar-refractivity contribution in [1.29, 1.82) is 0 Å². The molecule has 0 saturated carbocycles. The normalized spacial score (nSPS) is 12.8. The number of amides is 1. The summed E-state index contributed by atoms with van der Waals surface area (Å²) in [5.74, 6) is 0.812. The SMILES string of the molecule is COCCOCCOc1ncc(-c2cc(C)c3c(n2)CN(c2cnn(C)c2)C3=O)cc1OC. The second-order valence-electron chi connectivity index (χ2n) is 7.59. The van der Waals surface area contributed by atoms with Crippen LogP contribution in [0.3, 0.4) is 0 Å². The van der Waals surface area contributed by atoms with Crippen LogP contribution in [0.15, 0.2) is 30.7 Å². The standard InChI is InChI=1S/C23H27N5O5/c1-15-9-18(26-19-14-28(23(29)21(15)19)17-12-25-27(2)13-17)16-10-20(31-4)22(24-11-16)33-8-7-32-6-5-30-3/h9-13H,5-8,14H2,1-4H3. The van der Waals surface area contributed by atoms with Gasteiger partial charge in [-0.05, 0) is 24.6 Å². The molecule has 10 heteroatoms. The maximum absolute atomic E-state index is 13.0. The zero-order valence-corrected chi connectivity index (χ0v) is 19.2. The molecule has 0 aliphatic carbocycles. The van der Waals surface area contributed by atoms with Crippen molar-refractivity contribution >= 4 is 11.6 Å². The van der Waals surface area contributed by atoms with E-state index in [4.69, 9.17) is 23.9 Å². The van der Waals surface area contributed by atoms with Crippen LogP contribution in [0.5, 0.6) is 11.6 Å². The van der Waals surface area contributed by atoms with Crippen molar-refractivity contribution in [2.45, 2.75) is 13.5 Å². The summed E-state index contributed by atoms with van der Waals surface area (Å²) in [6.07, 6.45) is 5.18. The molecule has 0 spiro atoms. The summed E-state index contributed by atoms with van der Waals surface area (Å²) in [4.78, 5) is 23.8. The van der Waals surface area contributed by atoms with E-state index in [-0.39, 0.29) is 5.91 Å². The highest BCUT2D eigenvalue weighted by Crippen LogP contribution is 2.34. The summed E-state index contributed by atoms with van der Waals surface area (Å²) >= 11 is 0. The van der Waals surface area contributed by atoms with Gasteiger partial charge in [0.25, 0.3) is 11.8 Å². The molecule has 0 bridgehead atoms. The van der Waals surface area contributed by atoms with Crippen LogP contribution in [-0.4, -0.2) is 66.3 Å². The number of methoxy groups -OCH3 is 2. The fraction of sp³-hybridized carbons (Fsp3) is 0.391. The van der Waals surface area contributed by atoms with Crippen LogP contribution < -0.4 is 14.4 Å². The van der Waals surface area contributed by atoms with E-state index in [1.54, 1.807) is 36.2 Å². The van der Waals surface area contributed by atoms with Crippen LogP contribution >= 0.6 is 0 Å². The lowest BCUT2D eigenvalue weighted by molar-refractivity contribution is 0.0532. The molecule has 174 valence electrons. The third kappa shape index (κ3) is 4.81. The van der Waals surface area contributed by atoms with Gasteiger partial charge in [0.05, 0.1) is 62.3 Å². The van der Waals surface area contributed by atoms with Crippen molar-refractivity contribution in [3.8, 4) is 22.9 Å². The topological polar surface area (TPSA) is 101 Å². The number of aryl methyl sites for hydroxylation is 2. The molecule has 0 fully saturated rings. The van der Waals surface area contributed by atoms with Crippen LogP contribution in [0.1, 0.15) is 21.6 Å². The Morgan fingerprint density at radius 2 is 1.91 bits per heavy atom. The predicted octanol–water partition coefficient (Wildman–Crippen LogP) is 2.40. The van der Waals surface area contributed by atoms with E-state index in [0.717, 1.165) is 22.5 Å². The second-order valence-corrected chi connectivity index (χ2v) is 7.59. The van der Waals surface area contributed by atoms with Gasteiger partial charge in [0.15, 0.2) is 5.75 Å². The Kier molecular flexibility index (Phi) is 6.85. The van der Waals surface area contributed by atoms with E-state index in [1.807, 2.05) is 32.3 Å². The first-order chi connectivity index (χ1) is 16.0. The van der Waals surface area contributed by atoms with Gasteiger partial charge in [0.2, 0.25) is 0 Å². The van der Waals surface area contributed by atoms with Gasteiger partial charge >= 0.3 is 0 Å². The molecular weight excluding hydrogens is 426 g/mol. The van der Waals surface area contributed by atoms with Crippen LogP contribution in [0.4, 0.5) is 5.69 Å². The van der Waals surface area contributed by atoms with Gasteiger partial charge in [-0.15, -0.1) is 0 Å². The maximum atomic E-state index is 13.0. The smallest absolute Gasteiger partial charge is 0.260 e. The van der Waals surface area contributed by atoms with Crippen molar-refractivity contribution in [1.82, 2.24) is 19.7 Å². The minimum absolute atomic E-state index is 0.0679. The highest BCUT2D eigenvalue weighted by Gasteiger charge is 2.32. The van der Waals surface area contributed by atoms with Gasteiger partial charge < -0.3 is 18.9 Å². The van der Waals surface area contributed by atoms with E-state index in [2.05, 4.69) is 10.1 Å². The zero-order valence-electron chi connectivity index (χ0n) is 19.2. The summed E-state index contributed by atoms with van der Waals surface area (Å²) in [5, 5.41) is 4.17. The summed E-state index contributed by atoms with van der Waals surface area (Å²) < 4.78 is 23.2. The van der Waals surface area contributed by atoms with Gasteiger partial charge in [-0.3, -0.25) is 19.4 Å². The van der Waals surface area contributed by atoms with Crippen LogP contribution in [0, 0.1) is 6.92 Å². The average molecular weight is 453 g/mol. The molecule has 1 amide bonds. The Hall–Kier alpha value is -3.50. The van der Waals surface area contributed by atoms with Crippen LogP contribution in [-0.2, 0) is 23.1 Å². The van der Waals surface area contributed by atoms with Gasteiger partial charge in [-0.1, -0.05) is 0 Å². The molecule has 0 unspecified atom stereocenters. The fourth-order valence-electron chi connectivity index (χ4n) is 3.67. The fourth-order valence-corrected chi connectivity index (χ4v) is 3.67. The molecule has 4 heterocycles. The highest BCUT2D eigenvalue weighted by molar-refractivity contribution is 6.10. The lowest BCUT2D eigenvalue weighted by Gasteiger charge is -2.12. The molecule has 0 aromatic carbocycles. The Balaban J connectivity index is 1.52. The van der Waals surface area contributed by atoms with Gasteiger partial charge in [0.1, 0.15) is 6.61 Å². The number of rotatable bonds is 10. The molecule has 10 nitrogen and oxygen atoms in total. The first kappa shape index (κ1) is 22.7. The van der Waals surface area contributed by atoms with E-state index < -0.39 is 0 Å². The Morgan fingerprint density at radius 3 is 2.64 bits per heavy atom. The minimum Gasteiger partial charge on any atom is -0.491 e. The van der Waals surface area contributed by atoms with E-state index >= 15 is 0 Å². The molecule has 4 rings (SSSR count). The summed E-state index contributed by atoms with van der Waals surface area (Å²) in [6, 6.07) is 3.72. The second kappa shape index (κ2) is 9.97. The molecule has 1 aliphatic heterocycles. The molecule has 33 heavy (non-hydrogen) atoms. The number of nitrogens with zero attached hydrogens (tertiary/aromatic N) is 5. The van der Waals surface area contributed by atoms with Gasteiger partial charge in [-0.25, -0.2) is 4.98 Å². The Bertz CT molecular complexity index is 1150. The number of anilines is 1. The predicted molar refractivity (Wildman–Crippen MR) is 121 cm³/mol. The number of hydrogen-bond donors (Lipinski definition) is 0. The summed E-state index contributed by atoms with van der Waals surface area (Å²) in [6.45, 7) is 4.12. The number of carbonyl (C=O) groups excluding carboxylic acids is 1. The van der Waals surface area contributed by atoms with E-state index in [9.17, 15) is 4.79 Å². The summed E-state index contributed by atoms with van der Waals surface area (Å²) in [5.41, 5.74) is 4.46. The van der Waals surface area contributed by atoms with Crippen LogP contribution in [0.25, 0.3) is 11.3 Å². The quantitative estimate of drug-likeness (QED) is 0.432. The molecule has 0 radical (unpaired) electrons. The van der Waals surface area contributed by atoms with Gasteiger partial charge in [-0.2, -0.15) is 5.10 Å². The Labute approximate surface area is 192 Å². The number of aromatic nitrogens is 4. The highest BCUT2D eigenvalue weighted by atomic mass is 16.6. The molecule has 1 aliphatic rings. The number of carbonyl (C=O) groups is 1. The van der Waals surface area contributed by atoms with Crippen molar-refractivity contribution in [2.75, 3.05) is 45.5 Å². The lowest BCUT2D eigenvalue weighted by atomic mass is 10.1. The first-order valence-corrected chi connectivity index (χ1v) is 10.6. The third-order valence-electron chi connectivity index (χ3n) is 5.29. The number of fused-ring (bicyclic) bond motifs is 1. The molecule has 3 aromatic rings. The zero-order chi connectivity index (χ0) is 23.4. The minimum atomic E-state index is -0.0679.